The van der Waals surface area contributed by atoms with Crippen LogP contribution < -0.4 is 5.32 Å². The minimum Gasteiger partial charge on any atom is -0.339 e. The first-order chi connectivity index (χ1) is 12.9. The molecule has 0 atom stereocenters. The maximum atomic E-state index is 13.7. The van der Waals surface area contributed by atoms with Gasteiger partial charge in [0.2, 0.25) is 5.91 Å². The molecule has 1 fully saturated rings. The highest BCUT2D eigenvalue weighted by atomic mass is 19.2. The van der Waals surface area contributed by atoms with E-state index in [2.05, 4.69) is 5.32 Å². The Balaban J connectivity index is 1.60. The summed E-state index contributed by atoms with van der Waals surface area (Å²) in [6.45, 7) is 0.543. The number of hydrogen-bond acceptors (Lipinski definition) is 2. The molecule has 0 bridgehead atoms. The predicted octanol–water partition coefficient (Wildman–Crippen LogP) is 3.73. The first-order valence-corrected chi connectivity index (χ1v) is 8.36. The predicted molar refractivity (Wildman–Crippen MR) is 90.0 cm³/mol. The normalized spacial score (nSPS) is 14.9. The fourth-order valence-corrected chi connectivity index (χ4v) is 3.01. The van der Waals surface area contributed by atoms with Crippen LogP contribution in [0.2, 0.25) is 0 Å². The Hall–Kier alpha value is -2.90. The lowest BCUT2D eigenvalue weighted by atomic mass is 9.95. The van der Waals surface area contributed by atoms with Gasteiger partial charge in [-0.2, -0.15) is 0 Å². The van der Waals surface area contributed by atoms with Crippen molar-refractivity contribution in [2.45, 2.75) is 12.8 Å². The summed E-state index contributed by atoms with van der Waals surface area (Å²) in [6, 6.07) is 7.02. The SMILES string of the molecule is O=C(Nc1ccc(F)c(F)c1F)C1CCN(C(=O)c2cccc(F)c2)CC1. The van der Waals surface area contributed by atoms with E-state index in [0.717, 1.165) is 18.2 Å². The van der Waals surface area contributed by atoms with Gasteiger partial charge in [-0.05, 0) is 43.2 Å². The number of carbonyl (C=O) groups is 2. The Bertz CT molecular complexity index is 880. The number of likely N-dealkylation sites (tertiary alicyclic amines) is 1. The van der Waals surface area contributed by atoms with Gasteiger partial charge in [0, 0.05) is 24.6 Å². The summed E-state index contributed by atoms with van der Waals surface area (Å²) >= 11 is 0. The summed E-state index contributed by atoms with van der Waals surface area (Å²) < 4.78 is 53.1. The van der Waals surface area contributed by atoms with Crippen LogP contribution in [-0.2, 0) is 4.79 Å². The monoisotopic (exact) mass is 380 g/mol. The maximum Gasteiger partial charge on any atom is 0.253 e. The number of hydrogen-bond donors (Lipinski definition) is 1. The first kappa shape index (κ1) is 18.9. The second-order valence-corrected chi connectivity index (χ2v) is 6.29. The topological polar surface area (TPSA) is 49.4 Å². The number of nitrogens with one attached hydrogen (secondary N) is 1. The molecule has 27 heavy (non-hydrogen) atoms. The average molecular weight is 380 g/mol. The molecular weight excluding hydrogens is 364 g/mol. The third kappa shape index (κ3) is 4.10. The Kier molecular flexibility index (Phi) is 5.43. The summed E-state index contributed by atoms with van der Waals surface area (Å²) in [4.78, 5) is 26.1. The van der Waals surface area contributed by atoms with Crippen LogP contribution in [0.25, 0.3) is 0 Å². The molecule has 2 aromatic carbocycles. The van der Waals surface area contributed by atoms with Gasteiger partial charge in [0.1, 0.15) is 5.82 Å². The average Bonchev–Trinajstić information content (AvgIpc) is 2.68. The number of piperidine rings is 1. The van der Waals surface area contributed by atoms with E-state index in [9.17, 15) is 27.2 Å². The lowest BCUT2D eigenvalue weighted by Crippen LogP contribution is -2.41. The summed E-state index contributed by atoms with van der Waals surface area (Å²) in [5, 5.41) is 2.26. The molecule has 0 spiro atoms. The van der Waals surface area contributed by atoms with Gasteiger partial charge in [0.15, 0.2) is 17.5 Å². The van der Waals surface area contributed by atoms with Crippen molar-refractivity contribution in [2.75, 3.05) is 18.4 Å². The quantitative estimate of drug-likeness (QED) is 0.652. The van der Waals surface area contributed by atoms with Crippen molar-refractivity contribution in [1.29, 1.82) is 0 Å². The standard InChI is InChI=1S/C19H16F4N2O2/c20-13-3-1-2-12(10-13)19(27)25-8-6-11(7-9-25)18(26)24-15-5-4-14(21)16(22)17(15)23/h1-5,10-11H,6-9H2,(H,24,26). The Morgan fingerprint density at radius 3 is 2.33 bits per heavy atom. The zero-order chi connectivity index (χ0) is 19.6. The van der Waals surface area contributed by atoms with E-state index in [1.54, 1.807) is 0 Å². The van der Waals surface area contributed by atoms with Crippen LogP contribution in [0.5, 0.6) is 0 Å². The molecule has 3 rings (SSSR count). The van der Waals surface area contributed by atoms with Gasteiger partial charge >= 0.3 is 0 Å². The fraction of sp³-hybridized carbons (Fsp3) is 0.263. The molecule has 142 valence electrons. The highest BCUT2D eigenvalue weighted by Crippen LogP contribution is 2.24. The van der Waals surface area contributed by atoms with E-state index in [0.29, 0.717) is 12.8 Å². The van der Waals surface area contributed by atoms with Crippen molar-refractivity contribution in [2.24, 2.45) is 5.92 Å². The van der Waals surface area contributed by atoms with Gasteiger partial charge in [0.05, 0.1) is 5.69 Å². The summed E-state index contributed by atoms with van der Waals surface area (Å²) in [5.41, 5.74) is -0.209. The molecule has 0 aromatic heterocycles. The molecule has 4 nitrogen and oxygen atoms in total. The molecular formula is C19H16F4N2O2. The van der Waals surface area contributed by atoms with Crippen LogP contribution in [-0.4, -0.2) is 29.8 Å². The summed E-state index contributed by atoms with van der Waals surface area (Å²) in [6.07, 6.45) is 0.635. The smallest absolute Gasteiger partial charge is 0.253 e. The number of benzene rings is 2. The fourth-order valence-electron chi connectivity index (χ4n) is 3.01. The lowest BCUT2D eigenvalue weighted by molar-refractivity contribution is -0.121. The molecule has 2 amide bonds. The van der Waals surface area contributed by atoms with Gasteiger partial charge in [-0.25, -0.2) is 17.6 Å². The largest absolute Gasteiger partial charge is 0.339 e. The van der Waals surface area contributed by atoms with Crippen molar-refractivity contribution >= 4 is 17.5 Å². The molecule has 0 unspecified atom stereocenters. The van der Waals surface area contributed by atoms with Crippen molar-refractivity contribution in [3.8, 4) is 0 Å². The number of amides is 2. The zero-order valence-corrected chi connectivity index (χ0v) is 14.1. The van der Waals surface area contributed by atoms with E-state index >= 15 is 0 Å². The van der Waals surface area contributed by atoms with E-state index < -0.39 is 40.8 Å². The van der Waals surface area contributed by atoms with Gasteiger partial charge < -0.3 is 10.2 Å². The van der Waals surface area contributed by atoms with Crippen LogP contribution in [0.1, 0.15) is 23.2 Å². The van der Waals surface area contributed by atoms with Crippen LogP contribution in [0, 0.1) is 29.2 Å². The number of nitrogens with zero attached hydrogens (tertiary/aromatic N) is 1. The van der Waals surface area contributed by atoms with Crippen LogP contribution in [0.4, 0.5) is 23.2 Å². The van der Waals surface area contributed by atoms with E-state index in [1.807, 2.05) is 0 Å². The van der Waals surface area contributed by atoms with Crippen molar-refractivity contribution < 1.29 is 27.2 Å². The molecule has 0 saturated carbocycles. The lowest BCUT2D eigenvalue weighted by Gasteiger charge is -2.31. The molecule has 1 saturated heterocycles. The summed E-state index contributed by atoms with van der Waals surface area (Å²) in [7, 11) is 0. The molecule has 8 heteroatoms. The van der Waals surface area contributed by atoms with Crippen molar-refractivity contribution in [3.63, 3.8) is 0 Å². The molecule has 2 aromatic rings. The van der Waals surface area contributed by atoms with Crippen LogP contribution in [0.15, 0.2) is 36.4 Å². The first-order valence-electron chi connectivity index (χ1n) is 8.36. The number of carbonyl (C=O) groups excluding carboxylic acids is 2. The second kappa shape index (κ2) is 7.77. The van der Waals surface area contributed by atoms with E-state index in [1.165, 1.54) is 23.1 Å². The minimum atomic E-state index is -1.65. The van der Waals surface area contributed by atoms with Gasteiger partial charge in [-0.15, -0.1) is 0 Å². The highest BCUT2D eigenvalue weighted by Gasteiger charge is 2.28. The minimum absolute atomic E-state index is 0.224. The molecule has 0 aliphatic carbocycles. The Labute approximate surface area is 152 Å². The molecule has 1 aliphatic rings. The highest BCUT2D eigenvalue weighted by molar-refractivity contribution is 5.95. The Morgan fingerprint density at radius 1 is 0.963 bits per heavy atom. The molecule has 0 radical (unpaired) electrons. The second-order valence-electron chi connectivity index (χ2n) is 6.29. The molecule has 1 N–H and O–H groups in total. The number of anilines is 1. The molecule has 1 aliphatic heterocycles. The van der Waals surface area contributed by atoms with E-state index in [4.69, 9.17) is 0 Å². The zero-order valence-electron chi connectivity index (χ0n) is 14.1. The Morgan fingerprint density at radius 2 is 1.67 bits per heavy atom. The number of halogens is 4. The van der Waals surface area contributed by atoms with Gasteiger partial charge in [-0.1, -0.05) is 6.07 Å². The number of rotatable bonds is 3. The third-order valence-corrected chi connectivity index (χ3v) is 4.52. The van der Waals surface area contributed by atoms with Crippen LogP contribution >= 0.6 is 0 Å². The van der Waals surface area contributed by atoms with Crippen molar-refractivity contribution in [3.05, 3.63) is 65.2 Å². The van der Waals surface area contributed by atoms with E-state index in [-0.39, 0.29) is 24.6 Å². The maximum absolute atomic E-state index is 13.7. The van der Waals surface area contributed by atoms with Crippen molar-refractivity contribution in [1.82, 2.24) is 4.90 Å². The summed E-state index contributed by atoms with van der Waals surface area (Å²) in [5.74, 6) is -6.32. The molecule has 1 heterocycles. The van der Waals surface area contributed by atoms with Gasteiger partial charge in [0.25, 0.3) is 5.91 Å². The third-order valence-electron chi connectivity index (χ3n) is 4.52. The van der Waals surface area contributed by atoms with Crippen LogP contribution in [0.3, 0.4) is 0 Å². The van der Waals surface area contributed by atoms with Gasteiger partial charge in [-0.3, -0.25) is 9.59 Å².